The van der Waals surface area contributed by atoms with Gasteiger partial charge in [0.05, 0.1) is 72.1 Å². The molecule has 2 N–H and O–H groups in total. The first kappa shape index (κ1) is 50.8. The normalized spacial score (nSPS) is 28.1. The second-order valence-electron chi connectivity index (χ2n) is 17.2. The van der Waals surface area contributed by atoms with Gasteiger partial charge in [-0.15, -0.1) is 0 Å². The summed E-state index contributed by atoms with van der Waals surface area (Å²) in [5.74, 6) is 0. The van der Waals surface area contributed by atoms with Crippen molar-refractivity contribution in [2.45, 2.75) is 103 Å². The predicted octanol–water partition coefficient (Wildman–Crippen LogP) is 10.5. The summed E-state index contributed by atoms with van der Waals surface area (Å²) in [6, 6.07) is 33.1. The van der Waals surface area contributed by atoms with Crippen molar-refractivity contribution in [1.82, 2.24) is 0 Å². The summed E-state index contributed by atoms with van der Waals surface area (Å²) in [5.41, 5.74) is 13.3. The van der Waals surface area contributed by atoms with E-state index in [0.717, 1.165) is 0 Å². The van der Waals surface area contributed by atoms with Gasteiger partial charge in [-0.3, -0.25) is 67.9 Å². The number of fused-ring (bicyclic) bond motifs is 5. The summed E-state index contributed by atoms with van der Waals surface area (Å²) < 4.78 is 166. The molecular formula is C46H48NO20P5. The van der Waals surface area contributed by atoms with E-state index in [0.29, 0.717) is 55.6 Å². The summed E-state index contributed by atoms with van der Waals surface area (Å²) in [7, 11) is -24.4. The number of hydrogen-bond acceptors (Lipinski definition) is 21. The predicted molar refractivity (Wildman–Crippen MR) is 250 cm³/mol. The number of nitrogens with two attached hydrogens (primary N) is 1. The Labute approximate surface area is 413 Å². The van der Waals surface area contributed by atoms with Crippen LogP contribution in [0.2, 0.25) is 0 Å². The first-order valence-corrected chi connectivity index (χ1v) is 30.0. The second-order valence-corrected chi connectivity index (χ2v) is 25.3. The Kier molecular flexibility index (Phi) is 14.8. The molecule has 5 aromatic carbocycles. The van der Waals surface area contributed by atoms with Crippen LogP contribution < -0.4 is 5.73 Å². The largest absolute Gasteiger partial charge is 0.475 e. The van der Waals surface area contributed by atoms with Gasteiger partial charge in [-0.25, -0.2) is 22.8 Å². The highest BCUT2D eigenvalue weighted by atomic mass is 31.2. The minimum absolute atomic E-state index is 0.273. The van der Waals surface area contributed by atoms with Crippen molar-refractivity contribution < 1.29 is 90.7 Å². The molecule has 21 nitrogen and oxygen atoms in total. The molecule has 0 aromatic heterocycles. The Balaban J connectivity index is 1.03. The zero-order chi connectivity index (χ0) is 49.6. The fourth-order valence-corrected chi connectivity index (χ4v) is 15.4. The van der Waals surface area contributed by atoms with Crippen LogP contribution in [0.25, 0.3) is 0 Å². The molecule has 1 saturated carbocycles. The van der Waals surface area contributed by atoms with Crippen LogP contribution in [0.4, 0.5) is 0 Å². The van der Waals surface area contributed by atoms with Crippen molar-refractivity contribution in [3.8, 4) is 0 Å². The topological polar surface area (TPSA) is 250 Å². The maximum Gasteiger partial charge on any atom is 0.475 e. The standard InChI is InChI=1S/C46H48NO20P5/c47-41-42(63-68(48)53-21-31-11-1-2-12-32(31)22-54-68)44(65-70(50)57-25-35-15-5-6-16-36(35)26-58-70)46(67-72(52)61-29-39-19-9-10-20-40(39)30-62-72)45(66-71(51)59-27-37-17-7-8-18-38(37)28-60-71)43(41)64-69(49)55-23-33-13-3-4-14-34(33)24-56-69/h1-20,41-46H,21-30,47H2/t41?,42-,43+,44-,45-,46?/m0/s1. The van der Waals surface area contributed by atoms with E-state index in [9.17, 15) is 9.13 Å². The molecule has 0 bridgehead atoms. The summed E-state index contributed by atoms with van der Waals surface area (Å²) in [6.07, 6.45) is -10.4. The van der Waals surface area contributed by atoms with E-state index in [2.05, 4.69) is 0 Å². The number of phosphoric acid groups is 5. The third-order valence-corrected chi connectivity index (χ3v) is 19.6. The Morgan fingerprint density at radius 3 is 0.583 bits per heavy atom. The van der Waals surface area contributed by atoms with Gasteiger partial charge < -0.3 is 5.73 Å². The molecule has 1 aliphatic carbocycles. The molecule has 5 aliphatic heterocycles. The molecule has 2 unspecified atom stereocenters. The van der Waals surface area contributed by atoms with Gasteiger partial charge in [0.2, 0.25) is 0 Å². The minimum atomic E-state index is -4.95. The zero-order valence-electron chi connectivity index (χ0n) is 38.1. The monoisotopic (exact) mass is 1090 g/mol. The van der Waals surface area contributed by atoms with Crippen molar-refractivity contribution in [1.29, 1.82) is 0 Å². The lowest BCUT2D eigenvalue weighted by Crippen LogP contribution is -2.68. The van der Waals surface area contributed by atoms with E-state index in [4.69, 9.17) is 73.6 Å². The van der Waals surface area contributed by atoms with E-state index in [-0.39, 0.29) is 66.1 Å². The summed E-state index contributed by atoms with van der Waals surface area (Å²) >= 11 is 0. The number of phosphoric ester groups is 5. The van der Waals surface area contributed by atoms with E-state index in [1.165, 1.54) is 0 Å². The smallest absolute Gasteiger partial charge is 0.323 e. The Morgan fingerprint density at radius 2 is 0.417 bits per heavy atom. The summed E-state index contributed by atoms with van der Waals surface area (Å²) in [5, 5.41) is 0. The molecule has 382 valence electrons. The van der Waals surface area contributed by atoms with Crippen LogP contribution in [-0.2, 0) is 157 Å². The lowest BCUT2D eigenvalue weighted by molar-refractivity contribution is -0.174. The van der Waals surface area contributed by atoms with Crippen molar-refractivity contribution >= 4 is 39.1 Å². The summed E-state index contributed by atoms with van der Waals surface area (Å²) in [6.45, 7) is -2.88. The van der Waals surface area contributed by atoms with Crippen LogP contribution in [-0.4, -0.2) is 36.6 Å². The van der Waals surface area contributed by atoms with Gasteiger partial charge >= 0.3 is 39.1 Å². The average molecular weight is 1090 g/mol. The van der Waals surface area contributed by atoms with Gasteiger partial charge in [0, 0.05) is 0 Å². The van der Waals surface area contributed by atoms with Crippen LogP contribution in [0.15, 0.2) is 121 Å². The highest BCUT2D eigenvalue weighted by molar-refractivity contribution is 7.49. The molecule has 0 spiro atoms. The fourth-order valence-electron chi connectivity index (χ4n) is 8.72. The molecule has 11 rings (SSSR count). The lowest BCUT2D eigenvalue weighted by atomic mass is 9.84. The Bertz CT molecular complexity index is 2750. The molecular weight excluding hydrogens is 1040 g/mol. The third kappa shape index (κ3) is 11.1. The molecule has 5 aromatic rings. The van der Waals surface area contributed by atoms with Crippen molar-refractivity contribution in [2.24, 2.45) is 5.73 Å². The molecule has 0 amide bonds. The van der Waals surface area contributed by atoms with Gasteiger partial charge in [0.25, 0.3) is 0 Å². The summed E-state index contributed by atoms with van der Waals surface area (Å²) in [4.78, 5) is 0. The molecule has 6 atom stereocenters. The first-order chi connectivity index (χ1) is 34.8. The van der Waals surface area contributed by atoms with Crippen molar-refractivity contribution in [3.05, 3.63) is 177 Å². The number of rotatable bonds is 10. The maximum absolute atomic E-state index is 15.2. The fraction of sp³-hybridized carbons (Fsp3) is 0.348. The molecule has 0 radical (unpaired) electrons. The van der Waals surface area contributed by atoms with Crippen LogP contribution in [0.1, 0.15) is 55.6 Å². The van der Waals surface area contributed by atoms with Crippen molar-refractivity contribution in [3.63, 3.8) is 0 Å². The quantitative estimate of drug-likeness (QED) is 0.128. The zero-order valence-corrected chi connectivity index (χ0v) is 42.5. The van der Waals surface area contributed by atoms with Crippen LogP contribution in [0, 0.1) is 0 Å². The highest BCUT2D eigenvalue weighted by Gasteiger charge is 2.63. The van der Waals surface area contributed by atoms with Crippen molar-refractivity contribution in [2.75, 3.05) is 0 Å². The van der Waals surface area contributed by atoms with E-state index in [1.54, 1.807) is 121 Å². The Hall–Kier alpha value is -3.39. The SMILES string of the molecule is NC1[C@@H](OP2(=O)OCc3ccccc3CO2)[C@H](OP2(=O)OCc3ccccc3CO2)C(OP2(=O)OCc3ccccc3CO2)[C@@H](OP2(=O)OCc3ccccc3CO2)[C@H]1OP1(=O)OCc2ccccc2CO1. The van der Waals surface area contributed by atoms with Gasteiger partial charge in [0.1, 0.15) is 30.5 Å². The Morgan fingerprint density at radius 1 is 0.278 bits per heavy atom. The minimum Gasteiger partial charge on any atom is -0.323 e. The van der Waals surface area contributed by atoms with Gasteiger partial charge in [0.15, 0.2) is 0 Å². The average Bonchev–Trinajstić information content (AvgIpc) is 3.90. The van der Waals surface area contributed by atoms with E-state index < -0.39 is 75.7 Å². The number of benzene rings is 5. The first-order valence-electron chi connectivity index (χ1n) is 22.7. The van der Waals surface area contributed by atoms with E-state index >= 15 is 13.7 Å². The molecule has 1 fully saturated rings. The molecule has 6 aliphatic rings. The van der Waals surface area contributed by atoms with Crippen LogP contribution in [0.3, 0.4) is 0 Å². The molecule has 72 heavy (non-hydrogen) atoms. The lowest BCUT2D eigenvalue weighted by Gasteiger charge is -2.49. The molecule has 5 heterocycles. The van der Waals surface area contributed by atoms with Crippen LogP contribution >= 0.6 is 39.1 Å². The third-order valence-electron chi connectivity index (χ3n) is 12.7. The van der Waals surface area contributed by atoms with Gasteiger partial charge in [-0.2, -0.15) is 0 Å². The van der Waals surface area contributed by atoms with Gasteiger partial charge in [-0.1, -0.05) is 121 Å². The van der Waals surface area contributed by atoms with Crippen LogP contribution in [0.5, 0.6) is 0 Å². The highest BCUT2D eigenvalue weighted by Crippen LogP contribution is 2.65. The number of hydrogen-bond donors (Lipinski definition) is 1. The second kappa shape index (κ2) is 21.0. The molecule has 0 saturated heterocycles. The maximum atomic E-state index is 15.2. The van der Waals surface area contributed by atoms with Gasteiger partial charge in [-0.05, 0) is 55.6 Å². The van der Waals surface area contributed by atoms with E-state index in [1.807, 2.05) is 0 Å². The molecule has 26 heteroatoms.